The van der Waals surface area contributed by atoms with Gasteiger partial charge in [-0.15, -0.1) is 0 Å². The zero-order valence-corrected chi connectivity index (χ0v) is 25.0. The highest BCUT2D eigenvalue weighted by Crippen LogP contribution is 2.40. The molecule has 0 aliphatic carbocycles. The van der Waals surface area contributed by atoms with Crippen molar-refractivity contribution in [3.05, 3.63) is 158 Å². The predicted octanol–water partition coefficient (Wildman–Crippen LogP) is 7.51. The molecule has 0 saturated heterocycles. The van der Waals surface area contributed by atoms with Gasteiger partial charge in [-0.2, -0.15) is 0 Å². The SMILES string of the molecule is Cn1c2cccc(-c3ccc4c(c3)[Si](c3ccccc3)(c3ccccc3)c3ccccc3-4)c2c2c3ccccc3ccc21. The summed E-state index contributed by atoms with van der Waals surface area (Å²) in [4.78, 5) is 0. The molecule has 9 rings (SSSR count). The van der Waals surface area contributed by atoms with E-state index in [9.17, 15) is 0 Å². The van der Waals surface area contributed by atoms with Gasteiger partial charge in [0.25, 0.3) is 0 Å². The van der Waals surface area contributed by atoms with E-state index in [-0.39, 0.29) is 0 Å². The Balaban J connectivity index is 1.40. The molecule has 2 heterocycles. The quantitative estimate of drug-likeness (QED) is 0.196. The normalized spacial score (nSPS) is 13.4. The van der Waals surface area contributed by atoms with Gasteiger partial charge in [0.15, 0.2) is 8.07 Å². The third-order valence-electron chi connectivity index (χ3n) is 9.69. The Labute approximate surface area is 252 Å². The second-order valence-electron chi connectivity index (χ2n) is 11.7. The highest BCUT2D eigenvalue weighted by atomic mass is 28.3. The second-order valence-corrected chi connectivity index (χ2v) is 15.5. The van der Waals surface area contributed by atoms with Crippen LogP contribution in [-0.2, 0) is 7.05 Å². The molecule has 1 nitrogen and oxygen atoms in total. The number of aryl methyl sites for hydroxylation is 1. The van der Waals surface area contributed by atoms with Crippen molar-refractivity contribution >= 4 is 61.4 Å². The van der Waals surface area contributed by atoms with Gasteiger partial charge in [0.2, 0.25) is 0 Å². The first kappa shape index (κ1) is 24.4. The maximum absolute atomic E-state index is 2.56. The van der Waals surface area contributed by atoms with Gasteiger partial charge in [0.1, 0.15) is 0 Å². The Morgan fingerprint density at radius 1 is 0.442 bits per heavy atom. The summed E-state index contributed by atoms with van der Waals surface area (Å²) in [6, 6.07) is 59.1. The van der Waals surface area contributed by atoms with Gasteiger partial charge >= 0.3 is 0 Å². The van der Waals surface area contributed by atoms with Crippen LogP contribution >= 0.6 is 0 Å². The number of rotatable bonds is 3. The molecule has 202 valence electrons. The molecule has 0 fully saturated rings. The minimum absolute atomic E-state index is 1.27. The first-order valence-corrected chi connectivity index (χ1v) is 17.0. The lowest BCUT2D eigenvalue weighted by molar-refractivity contribution is 1.01. The predicted molar refractivity (Wildman–Crippen MR) is 186 cm³/mol. The molecular weight excluding hydrogens is 535 g/mol. The zero-order valence-electron chi connectivity index (χ0n) is 24.0. The molecule has 0 amide bonds. The summed E-state index contributed by atoms with van der Waals surface area (Å²) >= 11 is 0. The van der Waals surface area contributed by atoms with Crippen molar-refractivity contribution in [2.24, 2.45) is 7.05 Å². The van der Waals surface area contributed by atoms with Crippen LogP contribution in [0, 0.1) is 0 Å². The lowest BCUT2D eigenvalue weighted by atomic mass is 9.95. The largest absolute Gasteiger partial charge is 0.344 e. The van der Waals surface area contributed by atoms with Gasteiger partial charge in [-0.05, 0) is 65.9 Å². The van der Waals surface area contributed by atoms with E-state index in [0.29, 0.717) is 0 Å². The minimum atomic E-state index is -2.56. The Bertz CT molecular complexity index is 2310. The first-order valence-electron chi connectivity index (χ1n) is 15.0. The lowest BCUT2D eigenvalue weighted by Crippen LogP contribution is -2.72. The van der Waals surface area contributed by atoms with Crippen molar-refractivity contribution in [3.63, 3.8) is 0 Å². The van der Waals surface area contributed by atoms with E-state index in [1.807, 2.05) is 0 Å². The second kappa shape index (κ2) is 9.16. The van der Waals surface area contributed by atoms with Crippen molar-refractivity contribution in [3.8, 4) is 22.3 Å². The van der Waals surface area contributed by atoms with Crippen LogP contribution in [0.3, 0.4) is 0 Å². The molecule has 43 heavy (non-hydrogen) atoms. The van der Waals surface area contributed by atoms with Crippen molar-refractivity contribution in [2.75, 3.05) is 0 Å². The number of nitrogens with zero attached hydrogens (tertiary/aromatic N) is 1. The average Bonchev–Trinajstić information content (AvgIpc) is 3.55. The van der Waals surface area contributed by atoms with Crippen molar-refractivity contribution in [1.29, 1.82) is 0 Å². The van der Waals surface area contributed by atoms with Crippen LogP contribution in [0.5, 0.6) is 0 Å². The molecule has 1 aliphatic rings. The van der Waals surface area contributed by atoms with Gasteiger partial charge in [-0.3, -0.25) is 0 Å². The van der Waals surface area contributed by atoms with E-state index < -0.39 is 8.07 Å². The Kier molecular flexibility index (Phi) is 5.20. The third kappa shape index (κ3) is 3.27. The molecular formula is C41H29NSi. The average molecular weight is 564 g/mol. The van der Waals surface area contributed by atoms with Crippen molar-refractivity contribution in [1.82, 2.24) is 4.57 Å². The van der Waals surface area contributed by atoms with E-state index >= 15 is 0 Å². The molecule has 1 aromatic heterocycles. The van der Waals surface area contributed by atoms with Crippen molar-refractivity contribution in [2.45, 2.75) is 0 Å². The summed E-state index contributed by atoms with van der Waals surface area (Å²) in [5.41, 5.74) is 7.85. The number of benzene rings is 7. The highest BCUT2D eigenvalue weighted by Gasteiger charge is 2.48. The van der Waals surface area contributed by atoms with Gasteiger partial charge in [0.05, 0.1) is 0 Å². The number of fused-ring (bicyclic) bond motifs is 8. The van der Waals surface area contributed by atoms with Crippen LogP contribution in [0.4, 0.5) is 0 Å². The van der Waals surface area contributed by atoms with Crippen LogP contribution in [0.1, 0.15) is 0 Å². The van der Waals surface area contributed by atoms with E-state index in [4.69, 9.17) is 0 Å². The third-order valence-corrected chi connectivity index (χ3v) is 14.6. The standard InChI is InChI=1S/C41H29NSi/c1-42-36-21-12-20-33(41(36)40-32-18-9-8-13-28(32)24-26-37(40)42)29-23-25-35-34-19-10-11-22-38(34)43(39(35)27-29,30-14-4-2-5-15-30)31-16-6-3-7-17-31/h2-27H,1H3. The molecule has 1 aliphatic heterocycles. The topological polar surface area (TPSA) is 4.93 Å². The fraction of sp³-hybridized carbons (Fsp3) is 0.0244. The van der Waals surface area contributed by atoms with E-state index in [2.05, 4.69) is 169 Å². The maximum Gasteiger partial charge on any atom is 0.180 e. The monoisotopic (exact) mass is 563 g/mol. The van der Waals surface area contributed by atoms with Gasteiger partial charge < -0.3 is 4.57 Å². The van der Waals surface area contributed by atoms with E-state index in [1.54, 1.807) is 0 Å². The molecule has 0 N–H and O–H groups in total. The molecule has 0 radical (unpaired) electrons. The number of hydrogen-bond acceptors (Lipinski definition) is 0. The molecule has 8 aromatic rings. The summed E-state index contributed by atoms with van der Waals surface area (Å²) in [5.74, 6) is 0. The Morgan fingerprint density at radius 3 is 1.86 bits per heavy atom. The lowest BCUT2D eigenvalue weighted by Gasteiger charge is -2.31. The Morgan fingerprint density at radius 2 is 1.07 bits per heavy atom. The fourth-order valence-corrected chi connectivity index (χ4v) is 13.1. The van der Waals surface area contributed by atoms with Gasteiger partial charge in [-0.25, -0.2) is 0 Å². The van der Waals surface area contributed by atoms with Gasteiger partial charge in [0, 0.05) is 28.9 Å². The molecule has 0 bridgehead atoms. The summed E-state index contributed by atoms with van der Waals surface area (Å²) in [6.07, 6.45) is 0. The number of aromatic nitrogens is 1. The Hall–Kier alpha value is -5.18. The number of hydrogen-bond donors (Lipinski definition) is 0. The van der Waals surface area contributed by atoms with Crippen LogP contribution in [0.2, 0.25) is 0 Å². The molecule has 0 unspecified atom stereocenters. The minimum Gasteiger partial charge on any atom is -0.344 e. The molecule has 0 atom stereocenters. The van der Waals surface area contributed by atoms with Crippen LogP contribution in [-0.4, -0.2) is 12.6 Å². The smallest absolute Gasteiger partial charge is 0.180 e. The fourth-order valence-electron chi connectivity index (χ4n) is 7.87. The summed E-state index contributed by atoms with van der Waals surface area (Å²) in [6.45, 7) is 0. The molecule has 0 spiro atoms. The molecule has 7 aromatic carbocycles. The van der Waals surface area contributed by atoms with Crippen LogP contribution in [0.15, 0.2) is 158 Å². The first-order chi connectivity index (χ1) is 21.3. The summed E-state index contributed by atoms with van der Waals surface area (Å²) in [5, 5.41) is 11.1. The van der Waals surface area contributed by atoms with Gasteiger partial charge in [-0.1, -0.05) is 146 Å². The zero-order chi connectivity index (χ0) is 28.5. The van der Waals surface area contributed by atoms with Crippen molar-refractivity contribution < 1.29 is 0 Å². The summed E-state index contributed by atoms with van der Waals surface area (Å²) in [7, 11) is -0.355. The molecule has 2 heteroatoms. The highest BCUT2D eigenvalue weighted by molar-refractivity contribution is 7.22. The van der Waals surface area contributed by atoms with E-state index in [1.165, 1.54) is 75.6 Å². The van der Waals surface area contributed by atoms with Crippen LogP contribution in [0.25, 0.3) is 54.8 Å². The van der Waals surface area contributed by atoms with Crippen LogP contribution < -0.4 is 20.7 Å². The maximum atomic E-state index is 2.54. The summed E-state index contributed by atoms with van der Waals surface area (Å²) < 4.78 is 2.36. The molecule has 0 saturated carbocycles. The van der Waals surface area contributed by atoms with E-state index in [0.717, 1.165) is 0 Å².